The van der Waals surface area contributed by atoms with Gasteiger partial charge in [0.15, 0.2) is 0 Å². The topological polar surface area (TPSA) is 57.6 Å². The Balaban J connectivity index is 1.18. The average Bonchev–Trinajstić information content (AvgIpc) is 3.16. The summed E-state index contributed by atoms with van der Waals surface area (Å²) in [4.78, 5) is 27.0. The largest absolute Gasteiger partial charge is 0.393 e. The first-order valence-electron chi connectivity index (χ1n) is 15.3. The molecular formula is C31H51NO3. The molecule has 4 nitrogen and oxygen atoms in total. The first kappa shape index (κ1) is 25.7. The van der Waals surface area contributed by atoms with Crippen LogP contribution in [0.3, 0.4) is 0 Å². The Morgan fingerprint density at radius 1 is 0.943 bits per heavy atom. The average molecular weight is 486 g/mol. The Hall–Kier alpha value is -0.900. The smallest absolute Gasteiger partial charge is 0.222 e. The summed E-state index contributed by atoms with van der Waals surface area (Å²) in [5.41, 5.74) is 0.445. The van der Waals surface area contributed by atoms with Gasteiger partial charge in [-0.2, -0.15) is 0 Å². The van der Waals surface area contributed by atoms with Crippen molar-refractivity contribution >= 4 is 11.7 Å². The summed E-state index contributed by atoms with van der Waals surface area (Å²) in [6.07, 6.45) is 18.8. The Kier molecular flexibility index (Phi) is 7.69. The van der Waals surface area contributed by atoms with Crippen LogP contribution in [0.25, 0.3) is 0 Å². The molecule has 4 aliphatic carbocycles. The quantitative estimate of drug-likeness (QED) is 0.417. The summed E-state index contributed by atoms with van der Waals surface area (Å²) in [5, 5.41) is 10.9. The van der Waals surface area contributed by atoms with Gasteiger partial charge in [-0.1, -0.05) is 39.5 Å². The van der Waals surface area contributed by atoms with E-state index in [4.69, 9.17) is 0 Å². The SMILES string of the molecule is C[C@]12CCC(=O)C[C@@H]1C[C@@H](CCCCCCC(=O)N1CCCCC1)[C@@H]1[C@@H]2CC[C@]2(C)[C@@H](O)CC[C@@H]12. The van der Waals surface area contributed by atoms with Crippen LogP contribution in [0.5, 0.6) is 0 Å². The van der Waals surface area contributed by atoms with E-state index in [0.29, 0.717) is 34.9 Å². The van der Waals surface area contributed by atoms with Crippen molar-refractivity contribution in [3.05, 3.63) is 0 Å². The molecule has 1 aliphatic heterocycles. The predicted molar refractivity (Wildman–Crippen MR) is 140 cm³/mol. The van der Waals surface area contributed by atoms with E-state index in [1.807, 2.05) is 0 Å². The van der Waals surface area contributed by atoms with Crippen molar-refractivity contribution in [2.24, 2.45) is 40.4 Å². The fraction of sp³-hybridized carbons (Fsp3) is 0.935. The van der Waals surface area contributed by atoms with Gasteiger partial charge in [0, 0.05) is 32.4 Å². The van der Waals surface area contributed by atoms with Crippen LogP contribution >= 0.6 is 0 Å². The zero-order valence-electron chi connectivity index (χ0n) is 22.6. The van der Waals surface area contributed by atoms with E-state index in [2.05, 4.69) is 18.7 Å². The highest BCUT2D eigenvalue weighted by molar-refractivity contribution is 5.79. The highest BCUT2D eigenvalue weighted by Gasteiger charge is 2.62. The standard InChI is InChI=1S/C31H51NO3/c1-30-16-14-24(33)21-23(30)20-22(29-25-12-13-27(34)31(25,2)17-15-26(29)30)10-6-3-4-7-11-28(35)32-18-8-5-9-19-32/h22-23,25-27,29,34H,3-21H2,1-2H3/t22-,23+,25+,26+,27+,29+,30+,31+/m1/s1. The van der Waals surface area contributed by atoms with Crippen molar-refractivity contribution in [1.82, 2.24) is 4.90 Å². The van der Waals surface area contributed by atoms with E-state index < -0.39 is 0 Å². The van der Waals surface area contributed by atoms with Gasteiger partial charge in [0.2, 0.25) is 5.91 Å². The number of hydrogen-bond acceptors (Lipinski definition) is 3. The number of rotatable bonds is 7. The van der Waals surface area contributed by atoms with E-state index in [0.717, 1.165) is 63.5 Å². The fourth-order valence-corrected chi connectivity index (χ4v) is 9.83. The summed E-state index contributed by atoms with van der Waals surface area (Å²) in [7, 11) is 0. The summed E-state index contributed by atoms with van der Waals surface area (Å²) in [6.45, 7) is 6.87. The van der Waals surface area contributed by atoms with Gasteiger partial charge in [-0.3, -0.25) is 9.59 Å². The van der Waals surface area contributed by atoms with E-state index in [1.54, 1.807) is 0 Å². The molecule has 0 unspecified atom stereocenters. The highest BCUT2D eigenvalue weighted by Crippen LogP contribution is 2.67. The number of fused-ring (bicyclic) bond motifs is 5. The Morgan fingerprint density at radius 2 is 1.69 bits per heavy atom. The van der Waals surface area contributed by atoms with Crippen LogP contribution in [0, 0.1) is 40.4 Å². The molecule has 5 rings (SSSR count). The minimum atomic E-state index is -0.120. The van der Waals surface area contributed by atoms with Crippen molar-refractivity contribution in [1.29, 1.82) is 0 Å². The summed E-state index contributed by atoms with van der Waals surface area (Å²) >= 11 is 0. The third-order valence-corrected chi connectivity index (χ3v) is 12.0. The van der Waals surface area contributed by atoms with E-state index in [1.165, 1.54) is 70.6 Å². The summed E-state index contributed by atoms with van der Waals surface area (Å²) in [5.74, 6) is 4.31. The number of unbranched alkanes of at least 4 members (excludes halogenated alkanes) is 3. The number of piperidine rings is 1. The lowest BCUT2D eigenvalue weighted by Gasteiger charge is -2.62. The van der Waals surface area contributed by atoms with Gasteiger partial charge >= 0.3 is 0 Å². The van der Waals surface area contributed by atoms with Gasteiger partial charge in [-0.25, -0.2) is 0 Å². The number of nitrogens with zero attached hydrogens (tertiary/aromatic N) is 1. The molecule has 198 valence electrons. The van der Waals surface area contributed by atoms with E-state index in [-0.39, 0.29) is 11.5 Å². The lowest BCUT2D eigenvalue weighted by atomic mass is 9.42. The lowest BCUT2D eigenvalue weighted by Crippen LogP contribution is -2.57. The number of carbonyl (C=O) groups excluding carboxylic acids is 2. The number of ketones is 1. The van der Waals surface area contributed by atoms with Crippen molar-refractivity contribution in [2.75, 3.05) is 13.1 Å². The van der Waals surface area contributed by atoms with Gasteiger partial charge < -0.3 is 10.0 Å². The molecule has 5 aliphatic rings. The van der Waals surface area contributed by atoms with Gasteiger partial charge in [0.25, 0.3) is 0 Å². The van der Waals surface area contributed by atoms with Crippen molar-refractivity contribution in [3.8, 4) is 0 Å². The normalized spacial score (nSPS) is 43.4. The maximum absolute atomic E-state index is 12.5. The van der Waals surface area contributed by atoms with Crippen LogP contribution in [-0.2, 0) is 9.59 Å². The van der Waals surface area contributed by atoms with Crippen molar-refractivity contribution in [3.63, 3.8) is 0 Å². The third kappa shape index (κ3) is 4.87. The number of likely N-dealkylation sites (tertiary alicyclic amines) is 1. The predicted octanol–water partition coefficient (Wildman–Crippen LogP) is 6.54. The molecule has 4 saturated carbocycles. The first-order chi connectivity index (χ1) is 16.8. The van der Waals surface area contributed by atoms with Gasteiger partial charge in [-0.15, -0.1) is 0 Å². The second-order valence-corrected chi connectivity index (χ2v) is 13.8. The van der Waals surface area contributed by atoms with E-state index >= 15 is 0 Å². The van der Waals surface area contributed by atoms with Crippen LogP contribution in [0.2, 0.25) is 0 Å². The Morgan fingerprint density at radius 3 is 2.49 bits per heavy atom. The number of aliphatic hydroxyl groups is 1. The van der Waals surface area contributed by atoms with Crippen LogP contribution in [0.4, 0.5) is 0 Å². The monoisotopic (exact) mass is 485 g/mol. The van der Waals surface area contributed by atoms with Crippen LogP contribution in [0.15, 0.2) is 0 Å². The molecule has 0 radical (unpaired) electrons. The molecule has 1 heterocycles. The number of aliphatic hydroxyl groups excluding tert-OH is 1. The molecule has 8 atom stereocenters. The molecule has 0 spiro atoms. The molecule has 0 aromatic rings. The summed E-state index contributed by atoms with van der Waals surface area (Å²) < 4.78 is 0. The molecule has 0 aromatic heterocycles. The Labute approximate surface area is 214 Å². The molecule has 1 N–H and O–H groups in total. The van der Waals surface area contributed by atoms with Gasteiger partial charge in [0.05, 0.1) is 6.10 Å². The molecular weight excluding hydrogens is 434 g/mol. The summed E-state index contributed by atoms with van der Waals surface area (Å²) in [6, 6.07) is 0. The second-order valence-electron chi connectivity index (χ2n) is 13.8. The maximum atomic E-state index is 12.5. The fourth-order valence-electron chi connectivity index (χ4n) is 9.83. The van der Waals surface area contributed by atoms with E-state index in [9.17, 15) is 14.7 Å². The minimum Gasteiger partial charge on any atom is -0.393 e. The minimum absolute atomic E-state index is 0.113. The van der Waals surface area contributed by atoms with Crippen molar-refractivity contribution in [2.45, 2.75) is 129 Å². The first-order valence-corrected chi connectivity index (χ1v) is 15.3. The van der Waals surface area contributed by atoms with Crippen molar-refractivity contribution < 1.29 is 14.7 Å². The van der Waals surface area contributed by atoms with Crippen LogP contribution < -0.4 is 0 Å². The Bertz CT molecular complexity index is 775. The zero-order valence-corrected chi connectivity index (χ0v) is 22.6. The maximum Gasteiger partial charge on any atom is 0.222 e. The number of Topliss-reactive ketones (excluding diaryl/α,β-unsaturated/α-hetero) is 1. The molecule has 0 aromatic carbocycles. The number of hydrogen-bond donors (Lipinski definition) is 1. The molecule has 35 heavy (non-hydrogen) atoms. The lowest BCUT2D eigenvalue weighted by molar-refractivity contribution is -0.156. The molecule has 1 saturated heterocycles. The molecule has 5 fully saturated rings. The molecule has 4 heteroatoms. The molecule has 1 amide bonds. The van der Waals surface area contributed by atoms with Crippen LogP contribution in [-0.4, -0.2) is 40.9 Å². The van der Waals surface area contributed by atoms with Crippen LogP contribution in [0.1, 0.15) is 123 Å². The highest BCUT2D eigenvalue weighted by atomic mass is 16.3. The number of carbonyl (C=O) groups is 2. The van der Waals surface area contributed by atoms with Gasteiger partial charge in [-0.05, 0) is 105 Å². The third-order valence-electron chi connectivity index (χ3n) is 12.0. The zero-order chi connectivity index (χ0) is 24.6. The molecule has 0 bridgehead atoms. The number of amides is 1. The van der Waals surface area contributed by atoms with Gasteiger partial charge in [0.1, 0.15) is 5.78 Å². The second kappa shape index (κ2) is 10.5.